The van der Waals surface area contributed by atoms with E-state index in [-0.39, 0.29) is 0 Å². The van der Waals surface area contributed by atoms with Crippen molar-refractivity contribution in [3.63, 3.8) is 0 Å². The molecule has 0 aliphatic heterocycles. The lowest BCUT2D eigenvalue weighted by Crippen LogP contribution is -1.99. The molecule has 0 radical (unpaired) electrons. The topological polar surface area (TPSA) is 28.7 Å². The van der Waals surface area contributed by atoms with Crippen molar-refractivity contribution in [3.05, 3.63) is 86.9 Å². The van der Waals surface area contributed by atoms with Gasteiger partial charge in [0.25, 0.3) is 0 Å². The molecule has 0 spiro atoms. The maximum absolute atomic E-state index is 14.1. The summed E-state index contributed by atoms with van der Waals surface area (Å²) in [7, 11) is 0. The Morgan fingerprint density at radius 1 is 1.12 bits per heavy atom. The molecule has 3 aromatic rings. The van der Waals surface area contributed by atoms with E-state index in [2.05, 4.69) is 39.6 Å². The molecule has 0 aliphatic carbocycles. The molecule has 0 N–H and O–H groups in total. The summed E-state index contributed by atoms with van der Waals surface area (Å²) >= 11 is 3.53. The van der Waals surface area contributed by atoms with Crippen LogP contribution < -0.4 is 0 Å². The molecule has 26 heavy (non-hydrogen) atoms. The lowest BCUT2D eigenvalue weighted by atomic mass is 10.0. The second-order valence-electron chi connectivity index (χ2n) is 6.25. The number of allylic oxidation sites excluding steroid dienone is 1. The summed E-state index contributed by atoms with van der Waals surface area (Å²) in [6.07, 6.45) is 1.75. The number of rotatable bonds is 3. The summed E-state index contributed by atoms with van der Waals surface area (Å²) in [5.41, 5.74) is 5.81. The summed E-state index contributed by atoms with van der Waals surface area (Å²) in [6.45, 7) is 6.08. The Kier molecular flexibility index (Phi) is 5.11. The standard InChI is InChI=1S/C22H18BrFN2/c1-14-10-19(8-9-21(14)23)26-15(2)11-17(16(26)3)12-18(13-25)20-6-4-5-7-22(20)24/h4-12H,1-3H3. The predicted molar refractivity (Wildman–Crippen MR) is 108 cm³/mol. The molecular weight excluding hydrogens is 391 g/mol. The normalized spacial score (nSPS) is 11.5. The molecule has 2 nitrogen and oxygen atoms in total. The first-order valence-corrected chi connectivity index (χ1v) is 9.04. The predicted octanol–water partition coefficient (Wildman–Crippen LogP) is 6.37. The minimum Gasteiger partial charge on any atom is -0.318 e. The molecule has 0 bridgehead atoms. The minimum absolute atomic E-state index is 0.315. The van der Waals surface area contributed by atoms with E-state index in [4.69, 9.17) is 0 Å². The van der Waals surface area contributed by atoms with E-state index >= 15 is 0 Å². The summed E-state index contributed by atoms with van der Waals surface area (Å²) in [5, 5.41) is 9.52. The van der Waals surface area contributed by atoms with Crippen molar-refractivity contribution >= 4 is 27.6 Å². The maximum atomic E-state index is 14.1. The van der Waals surface area contributed by atoms with Gasteiger partial charge in [0.15, 0.2) is 0 Å². The second kappa shape index (κ2) is 7.31. The van der Waals surface area contributed by atoms with Crippen LogP contribution in [0.4, 0.5) is 4.39 Å². The number of aryl methyl sites for hydroxylation is 2. The minimum atomic E-state index is -0.391. The highest BCUT2D eigenvalue weighted by Gasteiger charge is 2.13. The highest BCUT2D eigenvalue weighted by Crippen LogP contribution is 2.28. The van der Waals surface area contributed by atoms with Gasteiger partial charge in [-0.15, -0.1) is 0 Å². The van der Waals surface area contributed by atoms with Gasteiger partial charge in [-0.05, 0) is 68.3 Å². The summed E-state index contributed by atoms with van der Waals surface area (Å²) in [6, 6.07) is 16.7. The van der Waals surface area contributed by atoms with Gasteiger partial charge < -0.3 is 4.57 Å². The number of hydrogen-bond acceptors (Lipinski definition) is 1. The Labute approximate surface area is 161 Å². The van der Waals surface area contributed by atoms with Gasteiger partial charge in [-0.2, -0.15) is 5.26 Å². The molecule has 2 aromatic carbocycles. The zero-order valence-corrected chi connectivity index (χ0v) is 16.4. The largest absolute Gasteiger partial charge is 0.318 e. The third-order valence-corrected chi connectivity index (χ3v) is 5.34. The number of halogens is 2. The monoisotopic (exact) mass is 408 g/mol. The van der Waals surface area contributed by atoms with Crippen LogP contribution in [-0.4, -0.2) is 4.57 Å². The van der Waals surface area contributed by atoms with Crippen LogP contribution in [-0.2, 0) is 0 Å². The van der Waals surface area contributed by atoms with Crippen molar-refractivity contribution in [1.29, 1.82) is 5.26 Å². The smallest absolute Gasteiger partial charge is 0.131 e. The van der Waals surface area contributed by atoms with Crippen molar-refractivity contribution in [1.82, 2.24) is 4.57 Å². The maximum Gasteiger partial charge on any atom is 0.131 e. The van der Waals surface area contributed by atoms with Gasteiger partial charge >= 0.3 is 0 Å². The molecule has 130 valence electrons. The Hall–Kier alpha value is -2.64. The summed E-state index contributed by atoms with van der Waals surface area (Å²) in [5.74, 6) is -0.391. The SMILES string of the molecule is Cc1cc(-n2c(C)cc(C=C(C#N)c3ccccc3F)c2C)ccc1Br. The van der Waals surface area contributed by atoms with Gasteiger partial charge in [-0.25, -0.2) is 4.39 Å². The van der Waals surface area contributed by atoms with Gasteiger partial charge in [-0.1, -0.05) is 34.1 Å². The van der Waals surface area contributed by atoms with E-state index in [1.165, 1.54) is 6.07 Å². The van der Waals surface area contributed by atoms with Crippen LogP contribution in [0.2, 0.25) is 0 Å². The Balaban J connectivity index is 2.12. The highest BCUT2D eigenvalue weighted by molar-refractivity contribution is 9.10. The third kappa shape index (κ3) is 3.36. The van der Waals surface area contributed by atoms with Crippen LogP contribution in [0.1, 0.15) is 28.1 Å². The van der Waals surface area contributed by atoms with Crippen molar-refractivity contribution in [3.8, 4) is 11.8 Å². The lowest BCUT2D eigenvalue weighted by molar-refractivity contribution is 0.624. The number of aromatic nitrogens is 1. The molecule has 0 saturated carbocycles. The quantitative estimate of drug-likeness (QED) is 0.462. The van der Waals surface area contributed by atoms with Gasteiger partial charge in [0, 0.05) is 27.1 Å². The number of benzene rings is 2. The van der Waals surface area contributed by atoms with Gasteiger partial charge in [0.05, 0.1) is 11.6 Å². The first kappa shape index (κ1) is 18.2. The molecule has 0 amide bonds. The highest BCUT2D eigenvalue weighted by atomic mass is 79.9. The molecular formula is C22H18BrFN2. The van der Waals surface area contributed by atoms with Gasteiger partial charge in [-0.3, -0.25) is 0 Å². The lowest BCUT2D eigenvalue weighted by Gasteiger charge is -2.11. The Bertz CT molecular complexity index is 1050. The van der Waals surface area contributed by atoms with E-state index in [1.54, 1.807) is 24.3 Å². The van der Waals surface area contributed by atoms with Crippen LogP contribution in [0.15, 0.2) is 53.0 Å². The van der Waals surface area contributed by atoms with E-state index < -0.39 is 5.82 Å². The fourth-order valence-electron chi connectivity index (χ4n) is 3.10. The van der Waals surface area contributed by atoms with E-state index in [0.29, 0.717) is 11.1 Å². The molecule has 0 atom stereocenters. The summed E-state index contributed by atoms with van der Waals surface area (Å²) in [4.78, 5) is 0. The number of hydrogen-bond donors (Lipinski definition) is 0. The molecule has 1 heterocycles. The number of nitrogens with zero attached hydrogens (tertiary/aromatic N) is 2. The van der Waals surface area contributed by atoms with Crippen LogP contribution in [0, 0.1) is 37.9 Å². The first-order valence-electron chi connectivity index (χ1n) is 8.24. The third-order valence-electron chi connectivity index (χ3n) is 4.45. The van der Waals surface area contributed by atoms with Crippen LogP contribution in [0.5, 0.6) is 0 Å². The molecule has 0 unspecified atom stereocenters. The zero-order valence-electron chi connectivity index (χ0n) is 14.8. The average molecular weight is 409 g/mol. The summed E-state index contributed by atoms with van der Waals surface area (Å²) < 4.78 is 17.3. The van der Waals surface area contributed by atoms with Crippen LogP contribution >= 0.6 is 15.9 Å². The van der Waals surface area contributed by atoms with Crippen LogP contribution in [0.25, 0.3) is 17.3 Å². The van der Waals surface area contributed by atoms with Crippen molar-refractivity contribution < 1.29 is 4.39 Å². The van der Waals surface area contributed by atoms with E-state index in [0.717, 1.165) is 32.7 Å². The van der Waals surface area contributed by atoms with Gasteiger partial charge in [0.1, 0.15) is 5.82 Å². The Morgan fingerprint density at radius 2 is 1.85 bits per heavy atom. The van der Waals surface area contributed by atoms with Crippen molar-refractivity contribution in [2.45, 2.75) is 20.8 Å². The second-order valence-corrected chi connectivity index (χ2v) is 7.10. The fourth-order valence-corrected chi connectivity index (χ4v) is 3.35. The fraction of sp³-hybridized carbons (Fsp3) is 0.136. The molecule has 1 aromatic heterocycles. The van der Waals surface area contributed by atoms with E-state index in [1.807, 2.05) is 32.0 Å². The van der Waals surface area contributed by atoms with Crippen molar-refractivity contribution in [2.24, 2.45) is 0 Å². The molecule has 0 aliphatic rings. The molecule has 0 fully saturated rings. The molecule has 3 rings (SSSR count). The zero-order chi connectivity index (χ0) is 18.8. The van der Waals surface area contributed by atoms with Gasteiger partial charge in [0.2, 0.25) is 0 Å². The van der Waals surface area contributed by atoms with E-state index in [9.17, 15) is 9.65 Å². The van der Waals surface area contributed by atoms with Crippen molar-refractivity contribution in [2.75, 3.05) is 0 Å². The number of nitriles is 1. The average Bonchev–Trinajstić information content (AvgIpc) is 2.89. The molecule has 0 saturated heterocycles. The van der Waals surface area contributed by atoms with Crippen LogP contribution in [0.3, 0.4) is 0 Å². The first-order chi connectivity index (χ1) is 12.4. The molecule has 4 heteroatoms. The Morgan fingerprint density at radius 3 is 2.50 bits per heavy atom.